The van der Waals surface area contributed by atoms with Gasteiger partial charge in [-0.1, -0.05) is 32.1 Å². The van der Waals surface area contributed by atoms with Gasteiger partial charge in [-0.2, -0.15) is 0 Å². The molecule has 0 saturated carbocycles. The van der Waals surface area contributed by atoms with Crippen molar-refractivity contribution in [1.29, 1.82) is 0 Å². The van der Waals surface area contributed by atoms with E-state index in [0.29, 0.717) is 0 Å². The Bertz CT molecular complexity index is 870. The van der Waals surface area contributed by atoms with E-state index in [1.807, 2.05) is 6.07 Å². The highest BCUT2D eigenvalue weighted by atomic mass is 16.5. The Balaban J connectivity index is 1.72. The molecule has 27 heavy (non-hydrogen) atoms. The molecule has 0 aliphatic carbocycles. The minimum absolute atomic E-state index is 0.187. The standard InChI is InChI=1S/C23H28N2O2/c1-22(2)20-16-19(26-5)10-11-21(20)25-14-15-27-23(22,25)13-12-17-6-8-18(9-7-17)24(3)4/h6-13,16H,14-15H2,1-5H3/b13-12+. The molecule has 2 aliphatic rings. The van der Waals surface area contributed by atoms with Crippen LogP contribution in [0.3, 0.4) is 0 Å². The third-order valence-corrected chi connectivity index (χ3v) is 6.01. The van der Waals surface area contributed by atoms with E-state index >= 15 is 0 Å². The molecule has 1 unspecified atom stereocenters. The summed E-state index contributed by atoms with van der Waals surface area (Å²) in [6.07, 6.45) is 4.42. The summed E-state index contributed by atoms with van der Waals surface area (Å²) in [5.41, 5.74) is 4.23. The van der Waals surface area contributed by atoms with Crippen molar-refractivity contribution in [2.24, 2.45) is 0 Å². The molecule has 0 bridgehead atoms. The summed E-state index contributed by atoms with van der Waals surface area (Å²) in [6.45, 7) is 6.15. The first-order valence-electron chi connectivity index (χ1n) is 9.46. The maximum Gasteiger partial charge on any atom is 0.170 e. The van der Waals surface area contributed by atoms with Crippen LogP contribution in [0.5, 0.6) is 5.75 Å². The van der Waals surface area contributed by atoms with Gasteiger partial charge in [0.1, 0.15) is 5.75 Å². The number of hydrogen-bond acceptors (Lipinski definition) is 4. The van der Waals surface area contributed by atoms with Gasteiger partial charge in [0.2, 0.25) is 0 Å². The van der Waals surface area contributed by atoms with Crippen molar-refractivity contribution in [2.45, 2.75) is 25.0 Å². The molecule has 2 heterocycles. The molecule has 0 N–H and O–H groups in total. The van der Waals surface area contributed by atoms with Crippen LogP contribution in [0, 0.1) is 0 Å². The molecule has 0 radical (unpaired) electrons. The maximum atomic E-state index is 6.41. The highest BCUT2D eigenvalue weighted by Gasteiger charge is 2.59. The lowest BCUT2D eigenvalue weighted by atomic mass is 9.77. The number of anilines is 2. The van der Waals surface area contributed by atoms with Crippen LogP contribution in [-0.2, 0) is 10.2 Å². The summed E-state index contributed by atoms with van der Waals surface area (Å²) in [5, 5.41) is 0. The lowest BCUT2D eigenvalue weighted by molar-refractivity contribution is 0.000306. The summed E-state index contributed by atoms with van der Waals surface area (Å²) in [7, 11) is 5.83. The van der Waals surface area contributed by atoms with Crippen LogP contribution in [0.1, 0.15) is 25.0 Å². The van der Waals surface area contributed by atoms with Gasteiger partial charge in [-0.25, -0.2) is 0 Å². The van der Waals surface area contributed by atoms with Gasteiger partial charge in [0, 0.05) is 37.4 Å². The Morgan fingerprint density at radius 3 is 2.52 bits per heavy atom. The Morgan fingerprint density at radius 2 is 1.85 bits per heavy atom. The molecule has 1 fully saturated rings. The zero-order chi connectivity index (χ0) is 19.2. The van der Waals surface area contributed by atoms with Crippen LogP contribution in [0.25, 0.3) is 6.08 Å². The average molecular weight is 364 g/mol. The van der Waals surface area contributed by atoms with Crippen LogP contribution in [-0.4, -0.2) is 40.1 Å². The predicted molar refractivity (Wildman–Crippen MR) is 112 cm³/mol. The number of methoxy groups -OCH3 is 1. The zero-order valence-electron chi connectivity index (χ0n) is 16.8. The van der Waals surface area contributed by atoms with Crippen molar-refractivity contribution < 1.29 is 9.47 Å². The van der Waals surface area contributed by atoms with E-state index in [4.69, 9.17) is 9.47 Å². The first-order valence-corrected chi connectivity index (χ1v) is 9.46. The van der Waals surface area contributed by atoms with E-state index in [2.05, 4.69) is 86.3 Å². The molecular weight excluding hydrogens is 336 g/mol. The molecule has 2 aromatic carbocycles. The zero-order valence-corrected chi connectivity index (χ0v) is 16.8. The molecule has 2 aromatic rings. The molecule has 4 rings (SSSR count). The van der Waals surface area contributed by atoms with Crippen molar-refractivity contribution in [1.82, 2.24) is 0 Å². The third-order valence-electron chi connectivity index (χ3n) is 6.01. The molecule has 0 amide bonds. The van der Waals surface area contributed by atoms with Gasteiger partial charge in [-0.15, -0.1) is 0 Å². The van der Waals surface area contributed by atoms with Crippen molar-refractivity contribution >= 4 is 17.5 Å². The summed E-state index contributed by atoms with van der Waals surface area (Å²) < 4.78 is 11.9. The second-order valence-electron chi connectivity index (χ2n) is 8.02. The summed E-state index contributed by atoms with van der Waals surface area (Å²) in [6, 6.07) is 14.9. The van der Waals surface area contributed by atoms with E-state index in [0.717, 1.165) is 18.9 Å². The minimum atomic E-state index is -0.470. The Morgan fingerprint density at radius 1 is 1.11 bits per heavy atom. The largest absolute Gasteiger partial charge is 0.497 e. The summed E-state index contributed by atoms with van der Waals surface area (Å²) in [4.78, 5) is 4.50. The summed E-state index contributed by atoms with van der Waals surface area (Å²) in [5.74, 6) is 0.890. The van der Waals surface area contributed by atoms with Gasteiger partial charge < -0.3 is 19.3 Å². The molecule has 4 nitrogen and oxygen atoms in total. The van der Waals surface area contributed by atoms with Gasteiger partial charge >= 0.3 is 0 Å². The van der Waals surface area contributed by atoms with E-state index in [-0.39, 0.29) is 5.41 Å². The Labute approximate surface area is 162 Å². The molecule has 0 aromatic heterocycles. The second-order valence-corrected chi connectivity index (χ2v) is 8.02. The average Bonchev–Trinajstić information content (AvgIpc) is 3.17. The summed E-state index contributed by atoms with van der Waals surface area (Å²) >= 11 is 0. The second kappa shape index (κ2) is 6.31. The highest BCUT2D eigenvalue weighted by molar-refractivity contribution is 5.71. The van der Waals surface area contributed by atoms with Gasteiger partial charge in [-0.3, -0.25) is 0 Å². The fraction of sp³-hybridized carbons (Fsp3) is 0.391. The lowest BCUT2D eigenvalue weighted by Crippen LogP contribution is -2.51. The number of benzene rings is 2. The van der Waals surface area contributed by atoms with Crippen LogP contribution >= 0.6 is 0 Å². The molecular formula is C23H28N2O2. The van der Waals surface area contributed by atoms with Crippen LogP contribution < -0.4 is 14.5 Å². The van der Waals surface area contributed by atoms with E-state index < -0.39 is 5.72 Å². The quantitative estimate of drug-likeness (QED) is 0.808. The molecule has 4 heteroatoms. The fourth-order valence-electron chi connectivity index (χ4n) is 4.36. The number of nitrogens with zero attached hydrogens (tertiary/aromatic N) is 2. The number of hydrogen-bond donors (Lipinski definition) is 0. The number of fused-ring (bicyclic) bond motifs is 3. The van der Waals surface area contributed by atoms with Crippen molar-refractivity contribution in [3.05, 3.63) is 59.7 Å². The SMILES string of the molecule is COc1ccc2c(c1)C(C)(C)C1(/C=C/c3ccc(N(C)C)cc3)OCCN21. The van der Waals surface area contributed by atoms with Gasteiger partial charge in [0.05, 0.1) is 13.7 Å². The van der Waals surface area contributed by atoms with E-state index in [9.17, 15) is 0 Å². The molecule has 142 valence electrons. The highest BCUT2D eigenvalue weighted by Crippen LogP contribution is 2.55. The van der Waals surface area contributed by atoms with Crippen LogP contribution in [0.4, 0.5) is 11.4 Å². The molecule has 2 aliphatic heterocycles. The molecule has 0 spiro atoms. The van der Waals surface area contributed by atoms with Crippen LogP contribution in [0.15, 0.2) is 48.5 Å². The number of rotatable bonds is 4. The maximum absolute atomic E-state index is 6.41. The van der Waals surface area contributed by atoms with Crippen molar-refractivity contribution in [2.75, 3.05) is 44.2 Å². The van der Waals surface area contributed by atoms with Gasteiger partial charge in [-0.05, 0) is 47.5 Å². The number of ether oxygens (including phenoxy) is 2. The third kappa shape index (κ3) is 2.62. The normalized spacial score (nSPS) is 22.8. The van der Waals surface area contributed by atoms with Crippen LogP contribution in [0.2, 0.25) is 0 Å². The Kier molecular flexibility index (Phi) is 4.19. The van der Waals surface area contributed by atoms with Crippen molar-refractivity contribution in [3.8, 4) is 5.75 Å². The predicted octanol–water partition coefficient (Wildman–Crippen LogP) is 4.30. The smallest absolute Gasteiger partial charge is 0.170 e. The first-order chi connectivity index (χ1) is 12.9. The minimum Gasteiger partial charge on any atom is -0.497 e. The van der Waals surface area contributed by atoms with Gasteiger partial charge in [0.15, 0.2) is 5.72 Å². The first kappa shape index (κ1) is 17.9. The lowest BCUT2D eigenvalue weighted by Gasteiger charge is -2.39. The molecule has 1 saturated heterocycles. The topological polar surface area (TPSA) is 24.9 Å². The van der Waals surface area contributed by atoms with Gasteiger partial charge in [0.25, 0.3) is 0 Å². The van der Waals surface area contributed by atoms with Crippen molar-refractivity contribution in [3.63, 3.8) is 0 Å². The van der Waals surface area contributed by atoms with E-state index in [1.54, 1.807) is 7.11 Å². The van der Waals surface area contributed by atoms with E-state index in [1.165, 1.54) is 22.5 Å². The Hall–Kier alpha value is -2.46. The monoisotopic (exact) mass is 364 g/mol. The molecule has 1 atom stereocenters. The fourth-order valence-corrected chi connectivity index (χ4v) is 4.36.